The van der Waals surface area contributed by atoms with Crippen molar-refractivity contribution in [2.24, 2.45) is 0 Å². The first-order valence-corrected chi connectivity index (χ1v) is 12.3. The average Bonchev–Trinajstić information content (AvgIpc) is 3.50. The van der Waals surface area contributed by atoms with Crippen LogP contribution >= 0.6 is 11.3 Å². The lowest BCUT2D eigenvalue weighted by Crippen LogP contribution is -2.52. The highest BCUT2D eigenvalue weighted by atomic mass is 32.1. The van der Waals surface area contributed by atoms with Crippen molar-refractivity contribution in [3.63, 3.8) is 0 Å². The lowest BCUT2D eigenvalue weighted by Gasteiger charge is -2.39. The van der Waals surface area contributed by atoms with Gasteiger partial charge in [0.15, 0.2) is 11.0 Å². The fraction of sp³-hybridized carbons (Fsp3) is 0.346. The number of rotatable bonds is 6. The van der Waals surface area contributed by atoms with Gasteiger partial charge in [-0.05, 0) is 46.5 Å². The lowest BCUT2D eigenvalue weighted by atomic mass is 9.73. The van der Waals surface area contributed by atoms with Crippen LogP contribution in [-0.2, 0) is 18.4 Å². The van der Waals surface area contributed by atoms with E-state index in [-0.39, 0.29) is 5.43 Å². The molecule has 0 saturated heterocycles. The molecule has 4 aromatic rings. The van der Waals surface area contributed by atoms with Gasteiger partial charge in [-0.3, -0.25) is 4.79 Å². The number of aliphatic hydroxyl groups is 1. The van der Waals surface area contributed by atoms with Crippen molar-refractivity contribution >= 4 is 21.6 Å². The second-order valence-corrected chi connectivity index (χ2v) is 10.7. The van der Waals surface area contributed by atoms with E-state index in [9.17, 15) is 23.1 Å². The molecule has 0 aliphatic carbocycles. The zero-order valence-corrected chi connectivity index (χ0v) is 20.5. The van der Waals surface area contributed by atoms with Crippen LogP contribution in [0.15, 0.2) is 59.4 Å². The molecule has 4 heterocycles. The van der Waals surface area contributed by atoms with Crippen molar-refractivity contribution in [3.8, 4) is 16.9 Å². The van der Waals surface area contributed by atoms with Gasteiger partial charge in [-0.1, -0.05) is 13.8 Å². The Morgan fingerprint density at radius 2 is 1.89 bits per heavy atom. The topological polar surface area (TPSA) is 77.2 Å². The summed E-state index contributed by atoms with van der Waals surface area (Å²) in [6.45, 7) is 3.04. The molecule has 1 atom stereocenters. The Labute approximate surface area is 209 Å². The fourth-order valence-corrected chi connectivity index (χ4v) is 5.77. The summed E-state index contributed by atoms with van der Waals surface area (Å²) in [5.41, 5.74) is -1.10. The number of halogens is 3. The van der Waals surface area contributed by atoms with E-state index >= 15 is 0 Å². The Morgan fingerprint density at radius 1 is 1.14 bits per heavy atom. The molecule has 5 rings (SSSR count). The summed E-state index contributed by atoms with van der Waals surface area (Å²) in [6.07, 6.45) is 1.10. The van der Waals surface area contributed by atoms with Gasteiger partial charge in [0.25, 0.3) is 0 Å². The standard InChI is InChI=1S/C26H24F3N3O3S/c1-24(2,19-10-17(18-11-30-15-31-12-18)9-16-4-7-35-22(16)19)13-25(34,26(27,28)29)14-32-6-3-21(33)23-20(32)5-8-36-23/h3,5-6,8-12,15,34H,4,7,13-14H2,1-2H3. The van der Waals surface area contributed by atoms with Crippen LogP contribution in [0.2, 0.25) is 0 Å². The quantitative estimate of drug-likeness (QED) is 0.386. The molecular formula is C26H24F3N3O3S. The largest absolute Gasteiger partial charge is 0.493 e. The molecule has 188 valence electrons. The Hall–Kier alpha value is -3.24. The monoisotopic (exact) mass is 515 g/mol. The molecule has 3 aromatic heterocycles. The minimum atomic E-state index is -4.93. The van der Waals surface area contributed by atoms with E-state index in [4.69, 9.17) is 4.74 Å². The number of thiophene rings is 1. The summed E-state index contributed by atoms with van der Waals surface area (Å²) in [6, 6.07) is 6.57. The van der Waals surface area contributed by atoms with E-state index in [2.05, 4.69) is 9.97 Å². The van der Waals surface area contributed by atoms with Crippen LogP contribution < -0.4 is 10.2 Å². The van der Waals surface area contributed by atoms with Crippen molar-refractivity contribution in [1.29, 1.82) is 0 Å². The number of ether oxygens (including phenoxy) is 1. The number of alkyl halides is 3. The number of nitrogens with zero attached hydrogens (tertiary/aromatic N) is 3. The average molecular weight is 516 g/mol. The highest BCUT2D eigenvalue weighted by Gasteiger charge is 2.56. The van der Waals surface area contributed by atoms with E-state index in [1.54, 1.807) is 43.8 Å². The van der Waals surface area contributed by atoms with Crippen molar-refractivity contribution in [2.45, 2.75) is 50.4 Å². The normalized spacial score (nSPS) is 15.5. The Kier molecular flexibility index (Phi) is 5.91. The van der Waals surface area contributed by atoms with Gasteiger partial charge in [0, 0.05) is 42.2 Å². The molecule has 36 heavy (non-hydrogen) atoms. The summed E-state index contributed by atoms with van der Waals surface area (Å²) in [7, 11) is 0. The molecule has 0 radical (unpaired) electrons. The second kappa shape index (κ2) is 8.70. The molecule has 1 aromatic carbocycles. The van der Waals surface area contributed by atoms with Crippen LogP contribution in [0.4, 0.5) is 13.2 Å². The zero-order chi connectivity index (χ0) is 25.7. The number of pyridine rings is 1. The first-order valence-electron chi connectivity index (χ1n) is 11.4. The minimum Gasteiger partial charge on any atom is -0.493 e. The highest BCUT2D eigenvalue weighted by molar-refractivity contribution is 7.17. The maximum absolute atomic E-state index is 14.5. The van der Waals surface area contributed by atoms with Gasteiger partial charge >= 0.3 is 6.18 Å². The molecule has 0 spiro atoms. The number of benzene rings is 1. The van der Waals surface area contributed by atoms with E-state index in [1.807, 2.05) is 6.07 Å². The van der Waals surface area contributed by atoms with Crippen molar-refractivity contribution in [3.05, 3.63) is 75.9 Å². The Bertz CT molecular complexity index is 1480. The first-order chi connectivity index (χ1) is 17.0. The molecule has 0 saturated carbocycles. The third-order valence-corrected chi connectivity index (χ3v) is 7.60. The zero-order valence-electron chi connectivity index (χ0n) is 19.7. The summed E-state index contributed by atoms with van der Waals surface area (Å²) < 4.78 is 51.0. The summed E-state index contributed by atoms with van der Waals surface area (Å²) in [4.78, 5) is 20.2. The molecule has 1 aliphatic heterocycles. The van der Waals surface area contributed by atoms with E-state index in [0.29, 0.717) is 34.6 Å². The third kappa shape index (κ3) is 4.28. The number of aromatic nitrogens is 3. The van der Waals surface area contributed by atoms with E-state index < -0.39 is 30.2 Å². The van der Waals surface area contributed by atoms with E-state index in [1.165, 1.54) is 23.2 Å². The predicted octanol–water partition coefficient (Wildman–Crippen LogP) is 5.12. The molecule has 1 N–H and O–H groups in total. The van der Waals surface area contributed by atoms with Gasteiger partial charge in [-0.25, -0.2) is 9.97 Å². The van der Waals surface area contributed by atoms with E-state index in [0.717, 1.165) is 28.0 Å². The maximum Gasteiger partial charge on any atom is 0.418 e. The molecule has 1 aliphatic rings. The van der Waals surface area contributed by atoms with Gasteiger partial charge in [-0.2, -0.15) is 13.2 Å². The van der Waals surface area contributed by atoms with Crippen molar-refractivity contribution in [2.75, 3.05) is 6.61 Å². The summed E-state index contributed by atoms with van der Waals surface area (Å²) in [5, 5.41) is 12.9. The SMILES string of the molecule is CC(C)(CC(O)(Cn1ccc(=O)c2sccc21)C(F)(F)F)c1cc(-c2cncnc2)cc2c1OCC2. The molecule has 6 nitrogen and oxygen atoms in total. The molecule has 0 amide bonds. The maximum atomic E-state index is 14.5. The van der Waals surface area contributed by atoms with Crippen LogP contribution in [0.25, 0.3) is 21.3 Å². The second-order valence-electron chi connectivity index (χ2n) is 9.77. The smallest absolute Gasteiger partial charge is 0.418 e. The molecular weight excluding hydrogens is 491 g/mol. The molecule has 1 unspecified atom stereocenters. The third-order valence-electron chi connectivity index (χ3n) is 6.68. The van der Waals surface area contributed by atoms with Crippen molar-refractivity contribution in [1.82, 2.24) is 14.5 Å². The summed E-state index contributed by atoms with van der Waals surface area (Å²) >= 11 is 1.16. The van der Waals surface area contributed by atoms with Gasteiger partial charge in [0.1, 0.15) is 12.1 Å². The van der Waals surface area contributed by atoms with Crippen LogP contribution in [0.3, 0.4) is 0 Å². The molecule has 0 bridgehead atoms. The molecule has 0 fully saturated rings. The minimum absolute atomic E-state index is 0.262. The number of hydrogen-bond donors (Lipinski definition) is 1. The van der Waals surface area contributed by atoms with Gasteiger partial charge in [0.2, 0.25) is 0 Å². The lowest BCUT2D eigenvalue weighted by molar-refractivity contribution is -0.271. The van der Waals surface area contributed by atoms with Crippen LogP contribution in [0.5, 0.6) is 5.75 Å². The number of fused-ring (bicyclic) bond motifs is 2. The van der Waals surface area contributed by atoms with Crippen molar-refractivity contribution < 1.29 is 23.0 Å². The van der Waals surface area contributed by atoms with Crippen LogP contribution in [0.1, 0.15) is 31.4 Å². The summed E-state index contributed by atoms with van der Waals surface area (Å²) in [5.74, 6) is 0.564. The van der Waals surface area contributed by atoms with Gasteiger partial charge in [-0.15, -0.1) is 11.3 Å². The number of hydrogen-bond acceptors (Lipinski definition) is 6. The van der Waals surface area contributed by atoms with Crippen LogP contribution in [-0.4, -0.2) is 38.0 Å². The van der Waals surface area contributed by atoms with Crippen LogP contribution in [0, 0.1) is 0 Å². The predicted molar refractivity (Wildman–Crippen MR) is 131 cm³/mol. The fourth-order valence-electron chi connectivity index (χ4n) is 4.94. The Morgan fingerprint density at radius 3 is 2.61 bits per heavy atom. The van der Waals surface area contributed by atoms with Gasteiger partial charge in [0.05, 0.1) is 23.4 Å². The first kappa shape index (κ1) is 24.5. The highest BCUT2D eigenvalue weighted by Crippen LogP contribution is 2.47. The Balaban J connectivity index is 1.57. The van der Waals surface area contributed by atoms with Gasteiger partial charge < -0.3 is 14.4 Å². The molecule has 10 heteroatoms.